The van der Waals surface area contributed by atoms with Gasteiger partial charge in [0.05, 0.1) is 0 Å². The molecule has 0 rings (SSSR count). The van der Waals surface area contributed by atoms with Crippen LogP contribution >= 0.6 is 0 Å². The summed E-state index contributed by atoms with van der Waals surface area (Å²) in [5.74, 6) is -0.862. The van der Waals surface area contributed by atoms with Gasteiger partial charge in [-0.1, -0.05) is 321 Å². The first-order valence-corrected chi connectivity index (χ1v) is 32.3. The largest absolute Gasteiger partial charge is 0.462 e. The van der Waals surface area contributed by atoms with Gasteiger partial charge in [0.15, 0.2) is 6.10 Å². The van der Waals surface area contributed by atoms with Crippen molar-refractivity contribution in [2.75, 3.05) is 13.2 Å². The topological polar surface area (TPSA) is 78.9 Å². The summed E-state index contributed by atoms with van der Waals surface area (Å²) >= 11 is 0. The number of allylic oxidation sites excluding steroid dienone is 4. The molecule has 6 nitrogen and oxygen atoms in total. The van der Waals surface area contributed by atoms with Crippen LogP contribution in [-0.4, -0.2) is 37.2 Å². The highest BCUT2D eigenvalue weighted by Gasteiger charge is 2.19. The van der Waals surface area contributed by atoms with Crippen LogP contribution in [-0.2, 0) is 28.6 Å². The van der Waals surface area contributed by atoms with Gasteiger partial charge >= 0.3 is 17.9 Å². The molecular weight excluding hydrogens is 889 g/mol. The molecule has 0 fully saturated rings. The number of carbonyl (C=O) groups excluding carboxylic acids is 3. The third-order valence-electron chi connectivity index (χ3n) is 14.7. The van der Waals surface area contributed by atoms with Gasteiger partial charge in [-0.15, -0.1) is 0 Å². The Bertz CT molecular complexity index is 1160. The SMILES string of the molecule is CCC/C=C\C/C=C\CCCCCCCC(=O)OC(COC(=O)CCCCCCCCCCCCCCC)COC(=O)CCCCCCCCCCCCCCCCCCCCCCCCCCCCCC. The van der Waals surface area contributed by atoms with Gasteiger partial charge < -0.3 is 14.2 Å². The number of hydrogen-bond donors (Lipinski definition) is 0. The third kappa shape index (κ3) is 58.8. The van der Waals surface area contributed by atoms with Crippen molar-refractivity contribution in [3.05, 3.63) is 24.3 Å². The van der Waals surface area contributed by atoms with Crippen LogP contribution < -0.4 is 0 Å². The van der Waals surface area contributed by atoms with E-state index >= 15 is 0 Å². The van der Waals surface area contributed by atoms with Crippen molar-refractivity contribution in [2.45, 2.75) is 367 Å². The number of unbranched alkanes of at least 4 members (excludes halogenated alkanes) is 45. The molecule has 0 radical (unpaired) electrons. The van der Waals surface area contributed by atoms with E-state index in [0.717, 1.165) is 89.9 Å². The van der Waals surface area contributed by atoms with E-state index in [9.17, 15) is 14.4 Å². The lowest BCUT2D eigenvalue weighted by molar-refractivity contribution is -0.167. The maximum Gasteiger partial charge on any atom is 0.306 e. The molecule has 0 aliphatic heterocycles. The van der Waals surface area contributed by atoms with Gasteiger partial charge in [0.1, 0.15) is 13.2 Å². The zero-order chi connectivity index (χ0) is 52.2. The second kappa shape index (κ2) is 61.4. The molecule has 0 aliphatic rings. The highest BCUT2D eigenvalue weighted by atomic mass is 16.6. The highest BCUT2D eigenvalue weighted by molar-refractivity contribution is 5.71. The summed E-state index contributed by atoms with van der Waals surface area (Å²) in [6.45, 7) is 6.62. The van der Waals surface area contributed by atoms with E-state index in [4.69, 9.17) is 14.2 Å². The van der Waals surface area contributed by atoms with Crippen molar-refractivity contribution in [1.29, 1.82) is 0 Å². The van der Waals surface area contributed by atoms with E-state index in [-0.39, 0.29) is 31.1 Å². The predicted molar refractivity (Wildman–Crippen MR) is 312 cm³/mol. The maximum absolute atomic E-state index is 12.8. The van der Waals surface area contributed by atoms with E-state index in [1.54, 1.807) is 0 Å². The summed E-state index contributed by atoms with van der Waals surface area (Å²) < 4.78 is 16.9. The highest BCUT2D eigenvalue weighted by Crippen LogP contribution is 2.18. The monoisotopic (exact) mass is 1010 g/mol. The van der Waals surface area contributed by atoms with Crippen LogP contribution in [0.2, 0.25) is 0 Å². The molecule has 424 valence electrons. The van der Waals surface area contributed by atoms with Crippen molar-refractivity contribution in [1.82, 2.24) is 0 Å². The molecule has 0 N–H and O–H groups in total. The van der Waals surface area contributed by atoms with E-state index in [0.29, 0.717) is 19.3 Å². The predicted octanol–water partition coefficient (Wildman–Crippen LogP) is 21.8. The Balaban J connectivity index is 4.12. The number of ether oxygens (including phenoxy) is 3. The van der Waals surface area contributed by atoms with Gasteiger partial charge in [-0.25, -0.2) is 0 Å². The minimum atomic E-state index is -0.774. The molecule has 0 spiro atoms. The molecular formula is C66H124O6. The van der Waals surface area contributed by atoms with Crippen LogP contribution in [0.25, 0.3) is 0 Å². The van der Waals surface area contributed by atoms with Gasteiger partial charge in [-0.3, -0.25) is 14.4 Å². The number of carbonyl (C=O) groups is 3. The van der Waals surface area contributed by atoms with Crippen LogP contribution in [0.1, 0.15) is 361 Å². The Morgan fingerprint density at radius 3 is 0.819 bits per heavy atom. The first-order chi connectivity index (χ1) is 35.5. The minimum absolute atomic E-state index is 0.0714. The maximum atomic E-state index is 12.8. The summed E-state index contributed by atoms with van der Waals surface area (Å²) in [4.78, 5) is 38.2. The second-order valence-electron chi connectivity index (χ2n) is 22.0. The lowest BCUT2D eigenvalue weighted by Gasteiger charge is -2.18. The molecule has 0 heterocycles. The van der Waals surface area contributed by atoms with Gasteiger partial charge in [0.2, 0.25) is 0 Å². The van der Waals surface area contributed by atoms with Crippen molar-refractivity contribution in [2.24, 2.45) is 0 Å². The van der Waals surface area contributed by atoms with Crippen molar-refractivity contribution >= 4 is 17.9 Å². The third-order valence-corrected chi connectivity index (χ3v) is 14.7. The van der Waals surface area contributed by atoms with Crippen LogP contribution in [0.3, 0.4) is 0 Å². The molecule has 0 bridgehead atoms. The molecule has 0 aromatic heterocycles. The summed E-state index contributed by atoms with van der Waals surface area (Å²) in [6.07, 6.45) is 73.5. The number of rotatable bonds is 60. The van der Waals surface area contributed by atoms with Gasteiger partial charge in [0, 0.05) is 19.3 Å². The molecule has 0 aromatic carbocycles. The quantitative estimate of drug-likeness (QED) is 0.0261. The van der Waals surface area contributed by atoms with E-state index < -0.39 is 6.10 Å². The van der Waals surface area contributed by atoms with Crippen LogP contribution in [0.5, 0.6) is 0 Å². The second-order valence-corrected chi connectivity index (χ2v) is 22.0. The van der Waals surface area contributed by atoms with E-state index in [2.05, 4.69) is 45.1 Å². The molecule has 72 heavy (non-hydrogen) atoms. The average molecular weight is 1010 g/mol. The summed E-state index contributed by atoms with van der Waals surface area (Å²) in [5.41, 5.74) is 0. The Morgan fingerprint density at radius 2 is 0.528 bits per heavy atom. The summed E-state index contributed by atoms with van der Waals surface area (Å²) in [6, 6.07) is 0. The average Bonchev–Trinajstić information content (AvgIpc) is 3.38. The molecule has 0 amide bonds. The zero-order valence-corrected chi connectivity index (χ0v) is 48.7. The fourth-order valence-corrected chi connectivity index (χ4v) is 9.84. The Morgan fingerprint density at radius 1 is 0.278 bits per heavy atom. The van der Waals surface area contributed by atoms with Crippen molar-refractivity contribution in [3.8, 4) is 0 Å². The van der Waals surface area contributed by atoms with Gasteiger partial charge in [-0.2, -0.15) is 0 Å². The first kappa shape index (κ1) is 69.9. The standard InChI is InChI=1S/C66H124O6/c1-4-7-10-13-16-19-22-25-26-27-28-29-30-31-32-33-34-35-36-37-38-39-42-44-47-50-53-56-59-65(68)71-62-63(72-66(69)60-57-54-51-48-45-41-24-21-18-15-12-9-6-3)61-70-64(67)58-55-52-49-46-43-40-23-20-17-14-11-8-5-2/h12,15,21,24,63H,4-11,13-14,16-20,22-23,25-62H2,1-3H3/b15-12-,24-21-. The van der Waals surface area contributed by atoms with Gasteiger partial charge in [0.25, 0.3) is 0 Å². The van der Waals surface area contributed by atoms with Crippen LogP contribution in [0.15, 0.2) is 24.3 Å². The fourth-order valence-electron chi connectivity index (χ4n) is 9.84. The van der Waals surface area contributed by atoms with Crippen LogP contribution in [0.4, 0.5) is 0 Å². The molecule has 0 saturated heterocycles. The van der Waals surface area contributed by atoms with Crippen molar-refractivity contribution < 1.29 is 28.6 Å². The van der Waals surface area contributed by atoms with Crippen molar-refractivity contribution in [3.63, 3.8) is 0 Å². The van der Waals surface area contributed by atoms with E-state index in [1.165, 1.54) is 231 Å². The Kier molecular flexibility index (Phi) is 59.6. The smallest absolute Gasteiger partial charge is 0.306 e. The number of esters is 3. The molecule has 0 saturated carbocycles. The molecule has 1 atom stereocenters. The minimum Gasteiger partial charge on any atom is -0.462 e. The summed E-state index contributed by atoms with van der Waals surface area (Å²) in [7, 11) is 0. The lowest BCUT2D eigenvalue weighted by Crippen LogP contribution is -2.30. The lowest BCUT2D eigenvalue weighted by atomic mass is 10.0. The Labute approximate surface area is 449 Å². The molecule has 0 aromatic rings. The molecule has 1 unspecified atom stereocenters. The van der Waals surface area contributed by atoms with E-state index in [1.807, 2.05) is 0 Å². The zero-order valence-electron chi connectivity index (χ0n) is 48.7. The van der Waals surface area contributed by atoms with Gasteiger partial charge in [-0.05, 0) is 44.9 Å². The molecule has 0 aliphatic carbocycles. The first-order valence-electron chi connectivity index (χ1n) is 32.3. The Hall–Kier alpha value is -2.11. The molecule has 6 heteroatoms. The summed E-state index contributed by atoms with van der Waals surface area (Å²) in [5, 5.41) is 0. The van der Waals surface area contributed by atoms with Crippen LogP contribution in [0, 0.1) is 0 Å². The fraction of sp³-hybridized carbons (Fsp3) is 0.894. The normalized spacial score (nSPS) is 12.1. The number of hydrogen-bond acceptors (Lipinski definition) is 6.